The second-order valence-corrected chi connectivity index (χ2v) is 5.81. The van der Waals surface area contributed by atoms with Crippen molar-refractivity contribution in [3.05, 3.63) is 50.4 Å². The monoisotopic (exact) mass is 419 g/mol. The number of amides is 1. The summed E-state index contributed by atoms with van der Waals surface area (Å²) in [5, 5.41) is 6.00. The van der Waals surface area contributed by atoms with E-state index in [0.29, 0.717) is 23.1 Å². The van der Waals surface area contributed by atoms with Gasteiger partial charge in [-0.2, -0.15) is 0 Å². The van der Waals surface area contributed by atoms with Gasteiger partial charge in [0.1, 0.15) is 11.6 Å². The maximum atomic E-state index is 13.3. The Labute approximate surface area is 140 Å². The Balaban J connectivity index is 2.29. The van der Waals surface area contributed by atoms with Crippen molar-refractivity contribution in [2.75, 3.05) is 17.2 Å². The lowest BCUT2D eigenvalue weighted by molar-refractivity contribution is 0.102. The van der Waals surface area contributed by atoms with E-state index in [9.17, 15) is 9.18 Å². The van der Waals surface area contributed by atoms with Gasteiger partial charge in [-0.05, 0) is 53.8 Å². The molecule has 0 aliphatic carbocycles. The second kappa shape index (κ2) is 7.04. The van der Waals surface area contributed by atoms with Crippen LogP contribution in [0.1, 0.15) is 17.3 Å². The van der Waals surface area contributed by atoms with Crippen molar-refractivity contribution in [3.63, 3.8) is 0 Å². The van der Waals surface area contributed by atoms with Crippen LogP contribution in [0.25, 0.3) is 0 Å². The summed E-state index contributed by atoms with van der Waals surface area (Å²) < 4.78 is 14.3. The normalized spacial score (nSPS) is 10.3. The Kier molecular flexibility index (Phi) is 5.35. The third-order valence-corrected chi connectivity index (χ3v) is 3.61. The van der Waals surface area contributed by atoms with Gasteiger partial charge in [0, 0.05) is 10.1 Å². The third kappa shape index (κ3) is 4.04. The molecule has 7 heteroatoms. The molecule has 0 atom stereocenters. The largest absolute Gasteiger partial charge is 0.370 e. The molecule has 0 aliphatic heterocycles. The zero-order chi connectivity index (χ0) is 15.4. The molecule has 2 rings (SSSR count). The van der Waals surface area contributed by atoms with Gasteiger partial charge >= 0.3 is 0 Å². The first kappa shape index (κ1) is 16.0. The molecule has 4 nitrogen and oxygen atoms in total. The summed E-state index contributed by atoms with van der Waals surface area (Å²) in [4.78, 5) is 16.2. The van der Waals surface area contributed by atoms with Crippen molar-refractivity contribution in [3.8, 4) is 0 Å². The zero-order valence-electron chi connectivity index (χ0n) is 11.1. The first-order valence-electron chi connectivity index (χ1n) is 6.17. The summed E-state index contributed by atoms with van der Waals surface area (Å²) in [6.45, 7) is 2.44. The molecule has 0 unspecified atom stereocenters. The highest BCUT2D eigenvalue weighted by atomic mass is 127. The molecular weight excluding hydrogens is 408 g/mol. The van der Waals surface area contributed by atoms with Crippen LogP contribution in [0, 0.1) is 9.39 Å². The highest BCUT2D eigenvalue weighted by Crippen LogP contribution is 2.25. The molecule has 0 spiro atoms. The van der Waals surface area contributed by atoms with E-state index in [0.717, 1.165) is 15.8 Å². The number of halogens is 3. The van der Waals surface area contributed by atoms with Crippen LogP contribution in [-0.4, -0.2) is 17.4 Å². The maximum Gasteiger partial charge on any atom is 0.259 e. The quantitative estimate of drug-likeness (QED) is 0.732. The second-order valence-electron chi connectivity index (χ2n) is 4.16. The standard InChI is InChI=1S/C14H12ClFIN3O/c1-2-18-13-10(5-8(16)7-19-13)14(21)20-12-4-3-9(17)6-11(12)15/h3-7H,2H2,1H3,(H,18,19)(H,20,21). The van der Waals surface area contributed by atoms with Crippen LogP contribution in [0.4, 0.5) is 15.9 Å². The molecule has 110 valence electrons. The smallest absolute Gasteiger partial charge is 0.259 e. The summed E-state index contributed by atoms with van der Waals surface area (Å²) in [5.41, 5.74) is 0.597. The minimum Gasteiger partial charge on any atom is -0.370 e. The van der Waals surface area contributed by atoms with E-state index in [4.69, 9.17) is 11.6 Å². The number of anilines is 2. The van der Waals surface area contributed by atoms with Crippen molar-refractivity contribution in [2.24, 2.45) is 0 Å². The van der Waals surface area contributed by atoms with Crippen molar-refractivity contribution in [2.45, 2.75) is 6.92 Å². The lowest BCUT2D eigenvalue weighted by Crippen LogP contribution is -2.16. The maximum absolute atomic E-state index is 13.3. The summed E-state index contributed by atoms with van der Waals surface area (Å²) in [7, 11) is 0. The summed E-state index contributed by atoms with van der Waals surface area (Å²) in [6, 6.07) is 6.38. The molecule has 1 aromatic carbocycles. The summed E-state index contributed by atoms with van der Waals surface area (Å²) >= 11 is 8.19. The predicted molar refractivity (Wildman–Crippen MR) is 90.5 cm³/mol. The van der Waals surface area contributed by atoms with Crippen LogP contribution in [0.3, 0.4) is 0 Å². The van der Waals surface area contributed by atoms with E-state index >= 15 is 0 Å². The molecular formula is C14H12ClFIN3O. The van der Waals surface area contributed by atoms with Crippen LogP contribution in [0.2, 0.25) is 5.02 Å². The fourth-order valence-electron chi connectivity index (χ4n) is 1.70. The molecule has 0 radical (unpaired) electrons. The zero-order valence-corrected chi connectivity index (χ0v) is 14.0. The summed E-state index contributed by atoms with van der Waals surface area (Å²) in [6.07, 6.45) is 1.06. The summed E-state index contributed by atoms with van der Waals surface area (Å²) in [5.74, 6) is -0.713. The molecule has 1 heterocycles. The van der Waals surface area contributed by atoms with E-state index < -0.39 is 11.7 Å². The lowest BCUT2D eigenvalue weighted by Gasteiger charge is -2.11. The van der Waals surface area contributed by atoms with Crippen molar-refractivity contribution >= 4 is 51.6 Å². The van der Waals surface area contributed by atoms with Crippen LogP contribution >= 0.6 is 34.2 Å². The molecule has 2 N–H and O–H groups in total. The highest BCUT2D eigenvalue weighted by Gasteiger charge is 2.15. The molecule has 0 bridgehead atoms. The van der Waals surface area contributed by atoms with E-state index in [-0.39, 0.29) is 5.56 Å². The first-order valence-corrected chi connectivity index (χ1v) is 7.62. The molecule has 1 amide bonds. The van der Waals surface area contributed by atoms with E-state index in [1.807, 2.05) is 13.0 Å². The Morgan fingerprint density at radius 3 is 2.86 bits per heavy atom. The van der Waals surface area contributed by atoms with Crippen molar-refractivity contribution < 1.29 is 9.18 Å². The number of hydrogen-bond acceptors (Lipinski definition) is 3. The fourth-order valence-corrected chi connectivity index (χ4v) is 2.60. The number of benzene rings is 1. The number of pyridine rings is 1. The van der Waals surface area contributed by atoms with Crippen molar-refractivity contribution in [1.82, 2.24) is 4.98 Å². The first-order chi connectivity index (χ1) is 10.0. The van der Waals surface area contributed by atoms with Gasteiger partial charge in [-0.3, -0.25) is 4.79 Å². The van der Waals surface area contributed by atoms with Gasteiger partial charge in [0.15, 0.2) is 0 Å². The van der Waals surface area contributed by atoms with Gasteiger partial charge in [0.2, 0.25) is 0 Å². The fraction of sp³-hybridized carbons (Fsp3) is 0.143. The molecule has 21 heavy (non-hydrogen) atoms. The van der Waals surface area contributed by atoms with Crippen LogP contribution < -0.4 is 10.6 Å². The van der Waals surface area contributed by atoms with Gasteiger partial charge in [0.25, 0.3) is 5.91 Å². The lowest BCUT2D eigenvalue weighted by atomic mass is 10.2. The minimum absolute atomic E-state index is 0.131. The number of nitrogens with one attached hydrogen (secondary N) is 2. The van der Waals surface area contributed by atoms with Gasteiger partial charge < -0.3 is 10.6 Å². The van der Waals surface area contributed by atoms with Gasteiger partial charge in [-0.25, -0.2) is 9.37 Å². The Morgan fingerprint density at radius 1 is 1.43 bits per heavy atom. The molecule has 2 aromatic rings. The van der Waals surface area contributed by atoms with Gasteiger partial charge in [-0.15, -0.1) is 0 Å². The number of aromatic nitrogens is 1. The Bertz CT molecular complexity index is 681. The number of carbonyl (C=O) groups is 1. The van der Waals surface area contributed by atoms with E-state index in [2.05, 4.69) is 38.2 Å². The van der Waals surface area contributed by atoms with Gasteiger partial charge in [-0.1, -0.05) is 11.6 Å². The van der Waals surface area contributed by atoms with E-state index in [1.165, 1.54) is 0 Å². The topological polar surface area (TPSA) is 54.0 Å². The average Bonchev–Trinajstić information content (AvgIpc) is 2.44. The molecule has 0 fully saturated rings. The predicted octanol–water partition coefficient (Wildman–Crippen LogP) is 4.16. The minimum atomic E-state index is -0.574. The van der Waals surface area contributed by atoms with Crippen molar-refractivity contribution in [1.29, 1.82) is 0 Å². The number of rotatable bonds is 4. The number of hydrogen-bond donors (Lipinski definition) is 2. The Morgan fingerprint density at radius 2 is 2.19 bits per heavy atom. The van der Waals surface area contributed by atoms with E-state index in [1.54, 1.807) is 12.1 Å². The number of carbonyl (C=O) groups excluding carboxylic acids is 1. The average molecular weight is 420 g/mol. The number of nitrogens with zero attached hydrogens (tertiary/aromatic N) is 1. The molecule has 0 saturated heterocycles. The third-order valence-electron chi connectivity index (χ3n) is 2.62. The SMILES string of the molecule is CCNc1ncc(F)cc1C(=O)Nc1ccc(I)cc1Cl. The van der Waals surface area contributed by atoms with Gasteiger partial charge in [0.05, 0.1) is 22.5 Å². The molecule has 1 aromatic heterocycles. The highest BCUT2D eigenvalue weighted by molar-refractivity contribution is 14.1. The van der Waals surface area contributed by atoms with Crippen LogP contribution in [0.15, 0.2) is 30.5 Å². The molecule has 0 saturated carbocycles. The van der Waals surface area contributed by atoms with Crippen LogP contribution in [0.5, 0.6) is 0 Å². The molecule has 0 aliphatic rings. The van der Waals surface area contributed by atoms with Crippen LogP contribution in [-0.2, 0) is 0 Å². The Hall–Kier alpha value is -1.41.